The Morgan fingerprint density at radius 1 is 1.23 bits per heavy atom. The summed E-state index contributed by atoms with van der Waals surface area (Å²) in [5.41, 5.74) is 5.84. The summed E-state index contributed by atoms with van der Waals surface area (Å²) in [6.45, 7) is 0. The highest BCUT2D eigenvalue weighted by molar-refractivity contribution is 5.93. The first-order chi connectivity index (χ1) is 10.6. The van der Waals surface area contributed by atoms with Gasteiger partial charge in [0.1, 0.15) is 11.4 Å². The van der Waals surface area contributed by atoms with Gasteiger partial charge in [0.2, 0.25) is 5.95 Å². The molecule has 0 spiro atoms. The van der Waals surface area contributed by atoms with E-state index in [0.29, 0.717) is 5.82 Å². The number of nitrogens with zero attached hydrogens (tertiary/aromatic N) is 2. The van der Waals surface area contributed by atoms with Crippen molar-refractivity contribution in [3.05, 3.63) is 24.3 Å². The lowest BCUT2D eigenvalue weighted by atomic mass is 9.81. The third-order valence-electron chi connectivity index (χ3n) is 4.26. The minimum Gasteiger partial charge on any atom is -0.467 e. The first-order valence-corrected chi connectivity index (χ1v) is 7.53. The molecule has 6 nitrogen and oxygen atoms in total. The molecule has 0 unspecified atom stereocenters. The number of fused-ring (bicyclic) bond motifs is 1. The fraction of sp³-hybridized carbons (Fsp3) is 0.438. The molecule has 1 heterocycles. The second-order valence-corrected chi connectivity index (χ2v) is 5.71. The minimum atomic E-state index is -0.726. The van der Waals surface area contributed by atoms with E-state index < -0.39 is 5.54 Å². The molecule has 1 aromatic heterocycles. The van der Waals surface area contributed by atoms with Crippen LogP contribution in [0.1, 0.15) is 32.1 Å². The van der Waals surface area contributed by atoms with Crippen molar-refractivity contribution in [3.8, 4) is 0 Å². The van der Waals surface area contributed by atoms with Crippen LogP contribution in [0.3, 0.4) is 0 Å². The molecule has 0 atom stereocenters. The summed E-state index contributed by atoms with van der Waals surface area (Å²) >= 11 is 0. The standard InChI is InChI=1S/C16H20N4O2/c1-22-14(21)16(9-5-2-6-10-16)20-13-11-7-3-4-8-12(11)18-15(17)19-13/h3-4,7-8H,2,5-6,9-10H2,1H3,(H3,17,18,19,20). The Morgan fingerprint density at radius 3 is 2.68 bits per heavy atom. The van der Waals surface area contributed by atoms with Crippen molar-refractivity contribution in [1.29, 1.82) is 0 Å². The molecule has 0 amide bonds. The van der Waals surface area contributed by atoms with Gasteiger partial charge in [-0.15, -0.1) is 0 Å². The fourth-order valence-electron chi connectivity index (χ4n) is 3.15. The van der Waals surface area contributed by atoms with E-state index in [1.165, 1.54) is 7.11 Å². The molecule has 22 heavy (non-hydrogen) atoms. The summed E-state index contributed by atoms with van der Waals surface area (Å²) < 4.78 is 5.03. The number of benzene rings is 1. The van der Waals surface area contributed by atoms with Gasteiger partial charge < -0.3 is 15.8 Å². The van der Waals surface area contributed by atoms with E-state index in [1.807, 2.05) is 24.3 Å². The van der Waals surface area contributed by atoms with Gasteiger partial charge >= 0.3 is 5.97 Å². The Labute approximate surface area is 129 Å². The largest absolute Gasteiger partial charge is 0.467 e. The average Bonchev–Trinajstić information content (AvgIpc) is 2.54. The maximum Gasteiger partial charge on any atom is 0.331 e. The second-order valence-electron chi connectivity index (χ2n) is 5.71. The third kappa shape index (κ3) is 2.56. The van der Waals surface area contributed by atoms with Crippen LogP contribution in [0.15, 0.2) is 24.3 Å². The van der Waals surface area contributed by atoms with Crippen molar-refractivity contribution < 1.29 is 9.53 Å². The highest BCUT2D eigenvalue weighted by atomic mass is 16.5. The lowest BCUT2D eigenvalue weighted by molar-refractivity contribution is -0.147. The van der Waals surface area contributed by atoms with Gasteiger partial charge in [0.05, 0.1) is 12.6 Å². The number of hydrogen-bond donors (Lipinski definition) is 2. The molecule has 2 aromatic rings. The van der Waals surface area contributed by atoms with Crippen LogP contribution >= 0.6 is 0 Å². The number of nitrogen functional groups attached to an aromatic ring is 1. The molecular formula is C16H20N4O2. The van der Waals surface area contributed by atoms with Crippen molar-refractivity contribution in [2.75, 3.05) is 18.2 Å². The summed E-state index contributed by atoms with van der Waals surface area (Å²) in [7, 11) is 1.42. The summed E-state index contributed by atoms with van der Waals surface area (Å²) in [6.07, 6.45) is 4.57. The van der Waals surface area contributed by atoms with Crippen LogP contribution in [-0.4, -0.2) is 28.6 Å². The molecule has 3 N–H and O–H groups in total. The molecule has 0 bridgehead atoms. The SMILES string of the molecule is COC(=O)C1(Nc2nc(N)nc3ccccc23)CCCCC1. The predicted molar refractivity (Wildman–Crippen MR) is 85.4 cm³/mol. The third-order valence-corrected chi connectivity index (χ3v) is 4.26. The van der Waals surface area contributed by atoms with Gasteiger partial charge in [-0.05, 0) is 25.0 Å². The maximum absolute atomic E-state index is 12.4. The summed E-state index contributed by atoms with van der Waals surface area (Å²) in [6, 6.07) is 7.61. The van der Waals surface area contributed by atoms with Crippen LogP contribution in [0.5, 0.6) is 0 Å². The van der Waals surface area contributed by atoms with Gasteiger partial charge in [-0.2, -0.15) is 4.98 Å². The van der Waals surface area contributed by atoms with Gasteiger partial charge in [-0.1, -0.05) is 31.4 Å². The van der Waals surface area contributed by atoms with Gasteiger partial charge in [-0.3, -0.25) is 0 Å². The molecule has 6 heteroatoms. The van der Waals surface area contributed by atoms with Crippen LogP contribution in [0.25, 0.3) is 10.9 Å². The molecule has 1 aliphatic carbocycles. The van der Waals surface area contributed by atoms with Crippen molar-refractivity contribution in [1.82, 2.24) is 9.97 Å². The number of carbonyl (C=O) groups excluding carboxylic acids is 1. The van der Waals surface area contributed by atoms with Gasteiger partial charge in [0, 0.05) is 5.39 Å². The van der Waals surface area contributed by atoms with Gasteiger partial charge in [-0.25, -0.2) is 9.78 Å². The van der Waals surface area contributed by atoms with Crippen molar-refractivity contribution in [3.63, 3.8) is 0 Å². The Kier molecular flexibility index (Phi) is 3.83. The molecule has 0 saturated heterocycles. The zero-order valence-corrected chi connectivity index (χ0v) is 12.6. The Balaban J connectivity index is 2.04. The molecule has 0 aliphatic heterocycles. The molecular weight excluding hydrogens is 280 g/mol. The van der Waals surface area contributed by atoms with E-state index in [0.717, 1.165) is 43.0 Å². The van der Waals surface area contributed by atoms with Crippen LogP contribution in [0.4, 0.5) is 11.8 Å². The van der Waals surface area contributed by atoms with Crippen molar-refractivity contribution in [2.24, 2.45) is 0 Å². The molecule has 3 rings (SSSR count). The topological polar surface area (TPSA) is 90.1 Å². The molecule has 1 aliphatic rings. The molecule has 1 saturated carbocycles. The first kappa shape index (κ1) is 14.6. The molecule has 116 valence electrons. The van der Waals surface area contributed by atoms with E-state index in [9.17, 15) is 4.79 Å². The van der Waals surface area contributed by atoms with E-state index in [4.69, 9.17) is 10.5 Å². The maximum atomic E-state index is 12.4. The number of rotatable bonds is 3. The van der Waals surface area contributed by atoms with Crippen molar-refractivity contribution >= 4 is 28.6 Å². The average molecular weight is 300 g/mol. The van der Waals surface area contributed by atoms with Crippen molar-refractivity contribution in [2.45, 2.75) is 37.6 Å². The highest BCUT2D eigenvalue weighted by Gasteiger charge is 2.41. The molecule has 0 radical (unpaired) electrons. The quantitative estimate of drug-likeness (QED) is 0.846. The Morgan fingerprint density at radius 2 is 1.95 bits per heavy atom. The van der Waals surface area contributed by atoms with Crippen LogP contribution < -0.4 is 11.1 Å². The number of esters is 1. The summed E-state index contributed by atoms with van der Waals surface area (Å²) in [5, 5.41) is 4.18. The summed E-state index contributed by atoms with van der Waals surface area (Å²) in [5.74, 6) is 0.542. The lowest BCUT2D eigenvalue weighted by Gasteiger charge is -2.35. The van der Waals surface area contributed by atoms with Gasteiger partial charge in [0.15, 0.2) is 0 Å². The zero-order valence-electron chi connectivity index (χ0n) is 12.6. The molecule has 1 fully saturated rings. The number of para-hydroxylation sites is 1. The van der Waals surface area contributed by atoms with E-state index >= 15 is 0 Å². The van der Waals surface area contributed by atoms with Crippen LogP contribution in [-0.2, 0) is 9.53 Å². The predicted octanol–water partition coefficient (Wildman–Crippen LogP) is 2.50. The Hall–Kier alpha value is -2.37. The summed E-state index contributed by atoms with van der Waals surface area (Å²) in [4.78, 5) is 20.9. The van der Waals surface area contributed by atoms with Crippen LogP contribution in [0, 0.1) is 0 Å². The Bertz CT molecular complexity index is 696. The number of anilines is 2. The first-order valence-electron chi connectivity index (χ1n) is 7.53. The van der Waals surface area contributed by atoms with Gasteiger partial charge in [0.25, 0.3) is 0 Å². The minimum absolute atomic E-state index is 0.192. The number of methoxy groups -OCH3 is 1. The lowest BCUT2D eigenvalue weighted by Crippen LogP contribution is -2.49. The normalized spacial score (nSPS) is 17.1. The smallest absolute Gasteiger partial charge is 0.331 e. The number of aromatic nitrogens is 2. The van der Waals surface area contributed by atoms with Crippen LogP contribution in [0.2, 0.25) is 0 Å². The molecule has 1 aromatic carbocycles. The fourth-order valence-corrected chi connectivity index (χ4v) is 3.15. The number of ether oxygens (including phenoxy) is 1. The van der Waals surface area contributed by atoms with E-state index in [1.54, 1.807) is 0 Å². The monoisotopic (exact) mass is 300 g/mol. The number of carbonyl (C=O) groups is 1. The number of hydrogen-bond acceptors (Lipinski definition) is 6. The number of nitrogens with two attached hydrogens (primary N) is 1. The number of nitrogens with one attached hydrogen (secondary N) is 1. The highest BCUT2D eigenvalue weighted by Crippen LogP contribution is 2.34. The zero-order chi connectivity index (χ0) is 15.6. The van der Waals surface area contributed by atoms with E-state index in [2.05, 4.69) is 15.3 Å². The van der Waals surface area contributed by atoms with E-state index in [-0.39, 0.29) is 11.9 Å². The second kappa shape index (κ2) is 5.79.